The number of methoxy groups -OCH3 is 1. The van der Waals surface area contributed by atoms with Gasteiger partial charge in [0.15, 0.2) is 6.61 Å². The highest BCUT2D eigenvalue weighted by atomic mass is 16.5. The second-order valence-corrected chi connectivity index (χ2v) is 6.86. The van der Waals surface area contributed by atoms with E-state index >= 15 is 0 Å². The van der Waals surface area contributed by atoms with Crippen molar-refractivity contribution >= 4 is 5.91 Å². The number of rotatable bonds is 7. The van der Waals surface area contributed by atoms with Crippen molar-refractivity contribution in [2.45, 2.75) is 32.2 Å². The molecule has 8 nitrogen and oxygen atoms in total. The van der Waals surface area contributed by atoms with E-state index in [0.29, 0.717) is 37.0 Å². The van der Waals surface area contributed by atoms with Crippen molar-refractivity contribution in [3.05, 3.63) is 71.4 Å². The Balaban J connectivity index is 1.40. The van der Waals surface area contributed by atoms with E-state index < -0.39 is 6.04 Å². The number of amides is 1. The molecule has 150 valence electrons. The number of benzene rings is 2. The zero-order valence-corrected chi connectivity index (χ0v) is 16.1. The number of carbonyl (C=O) groups excluding carboxylic acids is 1. The fraction of sp³-hybridized carbons (Fsp3) is 0.286. The molecule has 0 spiro atoms. The first-order chi connectivity index (χ1) is 14.1. The number of hydrogen-bond donors (Lipinski definition) is 1. The molecule has 3 aromatic rings. The van der Waals surface area contributed by atoms with Gasteiger partial charge in [-0.15, -0.1) is 0 Å². The fourth-order valence-electron chi connectivity index (χ4n) is 3.43. The van der Waals surface area contributed by atoms with Crippen LogP contribution in [0.25, 0.3) is 0 Å². The van der Waals surface area contributed by atoms with Gasteiger partial charge in [-0.25, -0.2) is 0 Å². The Morgan fingerprint density at radius 3 is 2.62 bits per heavy atom. The Morgan fingerprint density at radius 2 is 1.90 bits per heavy atom. The van der Waals surface area contributed by atoms with Crippen LogP contribution in [0, 0.1) is 0 Å². The summed E-state index contributed by atoms with van der Waals surface area (Å²) < 4.78 is 16.1. The van der Waals surface area contributed by atoms with Crippen molar-refractivity contribution in [1.29, 1.82) is 0 Å². The van der Waals surface area contributed by atoms with Crippen LogP contribution in [0.4, 0.5) is 0 Å². The third-order valence-corrected chi connectivity index (χ3v) is 4.95. The zero-order valence-electron chi connectivity index (χ0n) is 16.1. The molecule has 0 bridgehead atoms. The molecule has 2 aromatic carbocycles. The minimum Gasteiger partial charge on any atom is -0.497 e. The normalized spacial score (nSPS) is 16.2. The molecule has 1 aromatic heterocycles. The first-order valence-electron chi connectivity index (χ1n) is 9.31. The van der Waals surface area contributed by atoms with E-state index in [9.17, 15) is 4.79 Å². The van der Waals surface area contributed by atoms with Gasteiger partial charge in [0.1, 0.15) is 11.5 Å². The average molecular weight is 394 g/mol. The van der Waals surface area contributed by atoms with E-state index in [4.69, 9.17) is 19.7 Å². The number of hydrogen-bond acceptors (Lipinski definition) is 7. The quantitative estimate of drug-likeness (QED) is 0.654. The van der Waals surface area contributed by atoms with E-state index in [1.54, 1.807) is 7.11 Å². The van der Waals surface area contributed by atoms with Crippen LogP contribution in [-0.4, -0.2) is 34.1 Å². The molecule has 0 fully saturated rings. The van der Waals surface area contributed by atoms with Gasteiger partial charge in [-0.3, -0.25) is 9.69 Å². The molecule has 0 radical (unpaired) electrons. The maximum absolute atomic E-state index is 12.0. The number of fused-ring (bicyclic) bond motifs is 1. The van der Waals surface area contributed by atoms with Crippen LogP contribution in [0.2, 0.25) is 0 Å². The highest BCUT2D eigenvalue weighted by Crippen LogP contribution is 2.24. The summed E-state index contributed by atoms with van der Waals surface area (Å²) in [7, 11) is 1.61. The topological polar surface area (TPSA) is 104 Å². The van der Waals surface area contributed by atoms with Crippen LogP contribution < -0.4 is 15.2 Å². The van der Waals surface area contributed by atoms with Crippen molar-refractivity contribution in [3.63, 3.8) is 0 Å². The number of nitrogens with two attached hydrogens (primary N) is 1. The van der Waals surface area contributed by atoms with Gasteiger partial charge in [0, 0.05) is 6.54 Å². The highest BCUT2D eigenvalue weighted by Gasteiger charge is 2.31. The maximum Gasteiger partial charge on any atom is 0.240 e. The summed E-state index contributed by atoms with van der Waals surface area (Å²) >= 11 is 0. The first-order valence-corrected chi connectivity index (χ1v) is 9.31. The molecule has 2 N–H and O–H groups in total. The molecule has 2 heterocycles. The smallest absolute Gasteiger partial charge is 0.240 e. The molecule has 1 amide bonds. The molecule has 8 heteroatoms. The second-order valence-electron chi connectivity index (χ2n) is 6.86. The van der Waals surface area contributed by atoms with Gasteiger partial charge in [0.25, 0.3) is 0 Å². The Morgan fingerprint density at radius 1 is 1.17 bits per heavy atom. The van der Waals surface area contributed by atoms with Crippen LogP contribution >= 0.6 is 0 Å². The van der Waals surface area contributed by atoms with Gasteiger partial charge in [0.05, 0.1) is 19.7 Å². The lowest BCUT2D eigenvalue weighted by Crippen LogP contribution is -2.48. The molecular formula is C21H22N4O4. The van der Waals surface area contributed by atoms with Crippen LogP contribution in [0.15, 0.2) is 53.1 Å². The summed E-state index contributed by atoms with van der Waals surface area (Å²) in [4.78, 5) is 18.3. The third kappa shape index (κ3) is 4.38. The van der Waals surface area contributed by atoms with Crippen LogP contribution in [0.5, 0.6) is 11.5 Å². The molecule has 0 saturated carbocycles. The van der Waals surface area contributed by atoms with Crippen molar-refractivity contribution in [1.82, 2.24) is 15.0 Å². The number of aromatic nitrogens is 2. The second kappa shape index (κ2) is 8.32. The monoisotopic (exact) mass is 394 g/mol. The van der Waals surface area contributed by atoms with Gasteiger partial charge in [-0.05, 0) is 41.8 Å². The SMILES string of the molecule is COc1ccc(OCc2noc(CN3Cc4ccccc4C[C@H]3C(N)=O)n2)cc1. The zero-order chi connectivity index (χ0) is 20.2. The predicted octanol–water partition coefficient (Wildman–Crippen LogP) is 2.07. The summed E-state index contributed by atoms with van der Waals surface area (Å²) in [5.41, 5.74) is 7.95. The Hall–Kier alpha value is -3.39. The third-order valence-electron chi connectivity index (χ3n) is 4.95. The van der Waals surface area contributed by atoms with Crippen molar-refractivity contribution in [2.75, 3.05) is 7.11 Å². The minimum atomic E-state index is -0.407. The minimum absolute atomic E-state index is 0.178. The molecular weight excluding hydrogens is 372 g/mol. The molecule has 1 aliphatic rings. The van der Waals surface area contributed by atoms with E-state index in [-0.39, 0.29) is 12.5 Å². The largest absolute Gasteiger partial charge is 0.497 e. The lowest BCUT2D eigenvalue weighted by Gasteiger charge is -2.33. The predicted molar refractivity (Wildman–Crippen MR) is 104 cm³/mol. The van der Waals surface area contributed by atoms with Gasteiger partial charge in [-0.2, -0.15) is 4.98 Å². The maximum atomic E-state index is 12.0. The number of ether oxygens (including phenoxy) is 2. The number of primary amides is 1. The molecule has 1 aliphatic heterocycles. The molecule has 1 atom stereocenters. The lowest BCUT2D eigenvalue weighted by molar-refractivity contribution is -0.124. The first kappa shape index (κ1) is 18.9. The molecule has 29 heavy (non-hydrogen) atoms. The van der Waals surface area contributed by atoms with E-state index in [1.807, 2.05) is 47.4 Å². The average Bonchev–Trinajstić information content (AvgIpc) is 3.19. The van der Waals surface area contributed by atoms with Gasteiger partial charge in [-0.1, -0.05) is 29.4 Å². The lowest BCUT2D eigenvalue weighted by atomic mass is 9.93. The summed E-state index contributed by atoms with van der Waals surface area (Å²) in [6.07, 6.45) is 0.576. The molecule has 0 aliphatic carbocycles. The Bertz CT molecular complexity index is 986. The standard InChI is InChI=1S/C21H22N4O4/c1-27-16-6-8-17(9-7-16)28-13-19-23-20(29-24-19)12-25-11-15-5-3-2-4-14(15)10-18(25)21(22)26/h2-9,18H,10-13H2,1H3,(H2,22,26)/t18-/m0/s1. The van der Waals surface area contributed by atoms with E-state index in [0.717, 1.165) is 11.3 Å². The van der Waals surface area contributed by atoms with Crippen molar-refractivity contribution < 1.29 is 18.8 Å². The van der Waals surface area contributed by atoms with Crippen molar-refractivity contribution in [2.24, 2.45) is 5.73 Å². The summed E-state index contributed by atoms with van der Waals surface area (Å²) in [6, 6.07) is 14.9. The van der Waals surface area contributed by atoms with Gasteiger partial charge >= 0.3 is 0 Å². The van der Waals surface area contributed by atoms with Crippen LogP contribution in [0.3, 0.4) is 0 Å². The summed E-state index contributed by atoms with van der Waals surface area (Å²) in [5.74, 6) is 1.93. The highest BCUT2D eigenvalue weighted by molar-refractivity contribution is 5.80. The number of nitrogens with zero attached hydrogens (tertiary/aromatic N) is 3. The summed E-state index contributed by atoms with van der Waals surface area (Å²) in [5, 5.41) is 3.97. The molecule has 0 unspecified atom stereocenters. The Kier molecular flexibility index (Phi) is 5.44. The van der Waals surface area contributed by atoms with Gasteiger partial charge < -0.3 is 19.7 Å². The molecule has 4 rings (SSSR count). The molecule has 0 saturated heterocycles. The van der Waals surface area contributed by atoms with E-state index in [1.165, 1.54) is 5.56 Å². The number of carbonyl (C=O) groups is 1. The van der Waals surface area contributed by atoms with Crippen molar-refractivity contribution in [3.8, 4) is 11.5 Å². The van der Waals surface area contributed by atoms with Crippen LogP contribution in [-0.2, 0) is 30.9 Å². The van der Waals surface area contributed by atoms with Gasteiger partial charge in [0.2, 0.25) is 17.6 Å². The van der Waals surface area contributed by atoms with Crippen LogP contribution in [0.1, 0.15) is 22.8 Å². The fourth-order valence-corrected chi connectivity index (χ4v) is 3.43. The summed E-state index contributed by atoms with van der Waals surface area (Å²) in [6.45, 7) is 1.12. The Labute approximate surface area is 168 Å². The van der Waals surface area contributed by atoms with E-state index in [2.05, 4.69) is 16.2 Å².